The molecule has 8 nitrogen and oxygen atoms in total. The molecule has 0 aromatic rings. The molecule has 0 saturated heterocycles. The van der Waals surface area contributed by atoms with Crippen LogP contribution in [0.4, 0.5) is 4.79 Å². The molecule has 0 aliphatic rings. The van der Waals surface area contributed by atoms with Gasteiger partial charge in [-0.2, -0.15) is 0 Å². The van der Waals surface area contributed by atoms with Crippen molar-refractivity contribution in [3.05, 3.63) is 0 Å². The van der Waals surface area contributed by atoms with E-state index in [0.717, 1.165) is 0 Å². The molecule has 2 amide bonds. The number of carbonyl (C=O) groups is 3. The van der Waals surface area contributed by atoms with Gasteiger partial charge >= 0.3 is 18.0 Å². The fraction of sp³-hybridized carbons (Fsp3) is 0.727. The maximum atomic E-state index is 11.8. The van der Waals surface area contributed by atoms with Gasteiger partial charge in [-0.1, -0.05) is 0 Å². The van der Waals surface area contributed by atoms with Gasteiger partial charge < -0.3 is 24.4 Å². The van der Waals surface area contributed by atoms with Crippen molar-refractivity contribution < 1.29 is 28.6 Å². The molecule has 0 fully saturated rings. The highest BCUT2D eigenvalue weighted by Gasteiger charge is 2.18. The van der Waals surface area contributed by atoms with Crippen LogP contribution in [0.25, 0.3) is 0 Å². The van der Waals surface area contributed by atoms with Gasteiger partial charge in [0.2, 0.25) is 0 Å². The van der Waals surface area contributed by atoms with E-state index >= 15 is 0 Å². The van der Waals surface area contributed by atoms with Crippen molar-refractivity contribution >= 4 is 18.0 Å². The second kappa shape index (κ2) is 10.1. The zero-order chi connectivity index (χ0) is 14.7. The average Bonchev–Trinajstić information content (AvgIpc) is 2.42. The first-order valence-corrected chi connectivity index (χ1v) is 5.70. The van der Waals surface area contributed by atoms with E-state index in [2.05, 4.69) is 14.8 Å². The van der Waals surface area contributed by atoms with Crippen molar-refractivity contribution in [3.63, 3.8) is 0 Å². The van der Waals surface area contributed by atoms with E-state index < -0.39 is 18.0 Å². The summed E-state index contributed by atoms with van der Waals surface area (Å²) in [5.74, 6) is -1.02. The van der Waals surface area contributed by atoms with Gasteiger partial charge in [-0.15, -0.1) is 0 Å². The number of urea groups is 1. The van der Waals surface area contributed by atoms with Crippen molar-refractivity contribution in [2.45, 2.75) is 6.42 Å². The summed E-state index contributed by atoms with van der Waals surface area (Å²) >= 11 is 0. The first-order valence-electron chi connectivity index (χ1n) is 5.70. The van der Waals surface area contributed by atoms with E-state index in [1.54, 1.807) is 0 Å². The summed E-state index contributed by atoms with van der Waals surface area (Å²) in [6, 6.07) is -0.466. The van der Waals surface area contributed by atoms with E-state index in [9.17, 15) is 14.4 Å². The lowest BCUT2D eigenvalue weighted by atomic mass is 10.4. The van der Waals surface area contributed by atoms with Gasteiger partial charge in [0.15, 0.2) is 0 Å². The Morgan fingerprint density at radius 2 is 1.68 bits per heavy atom. The second-order valence-corrected chi connectivity index (χ2v) is 3.55. The molecule has 0 spiro atoms. The predicted molar refractivity (Wildman–Crippen MR) is 65.5 cm³/mol. The third-order valence-electron chi connectivity index (χ3n) is 2.23. The Balaban J connectivity index is 4.34. The molecule has 0 unspecified atom stereocenters. The predicted octanol–water partition coefficient (Wildman–Crippen LogP) is -0.619. The first-order chi connectivity index (χ1) is 9.04. The van der Waals surface area contributed by atoms with Crippen LogP contribution in [0.1, 0.15) is 6.42 Å². The molecular formula is C11H20N2O6. The molecule has 0 bridgehead atoms. The Bertz CT molecular complexity index is 308. The molecule has 0 aliphatic carbocycles. The van der Waals surface area contributed by atoms with Gasteiger partial charge in [-0.05, 0) is 0 Å². The van der Waals surface area contributed by atoms with Gasteiger partial charge in [0.25, 0.3) is 0 Å². The van der Waals surface area contributed by atoms with E-state index in [4.69, 9.17) is 4.74 Å². The number of hydrogen-bond acceptors (Lipinski definition) is 6. The van der Waals surface area contributed by atoms with E-state index in [1.165, 1.54) is 26.2 Å². The standard InChI is InChI=1S/C11H20N2O6/c1-17-7-5-12-11(16)13(8-10(15)19-3)6-4-9(14)18-2/h4-8H2,1-3H3,(H,12,16). The number of methoxy groups -OCH3 is 3. The summed E-state index contributed by atoms with van der Waals surface area (Å²) < 4.78 is 13.8. The lowest BCUT2D eigenvalue weighted by Gasteiger charge is -2.21. The normalized spacial score (nSPS) is 9.63. The molecule has 0 radical (unpaired) electrons. The first kappa shape index (κ1) is 17.2. The molecule has 0 saturated carbocycles. The number of hydrogen-bond donors (Lipinski definition) is 1. The van der Waals surface area contributed by atoms with Crippen LogP contribution in [0.3, 0.4) is 0 Å². The summed E-state index contributed by atoms with van der Waals surface area (Å²) in [5.41, 5.74) is 0. The molecule has 110 valence electrons. The Morgan fingerprint density at radius 1 is 1.05 bits per heavy atom. The molecule has 0 rings (SSSR count). The van der Waals surface area contributed by atoms with Crippen LogP contribution in [-0.4, -0.2) is 70.4 Å². The van der Waals surface area contributed by atoms with Crippen molar-refractivity contribution in [2.24, 2.45) is 0 Å². The molecular weight excluding hydrogens is 256 g/mol. The second-order valence-electron chi connectivity index (χ2n) is 3.55. The maximum Gasteiger partial charge on any atom is 0.325 e. The van der Waals surface area contributed by atoms with Crippen LogP contribution in [0, 0.1) is 0 Å². The molecule has 0 heterocycles. The fourth-order valence-corrected chi connectivity index (χ4v) is 1.17. The summed E-state index contributed by atoms with van der Waals surface area (Å²) in [6.45, 7) is 0.507. The molecule has 0 aromatic carbocycles. The molecule has 0 aromatic heterocycles. The minimum atomic E-state index is -0.563. The van der Waals surface area contributed by atoms with Gasteiger partial charge in [-0.3, -0.25) is 9.59 Å². The summed E-state index contributed by atoms with van der Waals surface area (Å²) in [5, 5.41) is 2.56. The quantitative estimate of drug-likeness (QED) is 0.469. The zero-order valence-electron chi connectivity index (χ0n) is 11.4. The van der Waals surface area contributed by atoms with Crippen LogP contribution < -0.4 is 5.32 Å². The maximum absolute atomic E-state index is 11.8. The lowest BCUT2D eigenvalue weighted by Crippen LogP contribution is -2.44. The molecule has 8 heteroatoms. The minimum absolute atomic E-state index is 0.00515. The number of ether oxygens (including phenoxy) is 3. The van der Waals surface area contributed by atoms with Gasteiger partial charge in [-0.25, -0.2) is 4.79 Å². The Hall–Kier alpha value is -1.83. The Kier molecular flexibility index (Phi) is 9.15. The molecule has 0 atom stereocenters. The average molecular weight is 276 g/mol. The zero-order valence-corrected chi connectivity index (χ0v) is 11.4. The van der Waals surface area contributed by atoms with Gasteiger partial charge in [0.1, 0.15) is 6.54 Å². The third-order valence-corrected chi connectivity index (χ3v) is 2.23. The molecule has 1 N–H and O–H groups in total. The number of rotatable bonds is 8. The Labute approximate surface area is 112 Å². The number of nitrogens with zero attached hydrogens (tertiary/aromatic N) is 1. The summed E-state index contributed by atoms with van der Waals surface area (Å²) in [7, 11) is 3.99. The highest BCUT2D eigenvalue weighted by atomic mass is 16.5. The highest BCUT2D eigenvalue weighted by molar-refractivity contribution is 5.81. The Morgan fingerprint density at radius 3 is 2.21 bits per heavy atom. The van der Waals surface area contributed by atoms with Crippen LogP contribution in [-0.2, 0) is 23.8 Å². The third kappa shape index (κ3) is 7.98. The number of esters is 2. The topological polar surface area (TPSA) is 94.2 Å². The van der Waals surface area contributed by atoms with E-state index in [0.29, 0.717) is 13.2 Å². The van der Waals surface area contributed by atoms with E-state index in [1.807, 2.05) is 0 Å². The largest absolute Gasteiger partial charge is 0.469 e. The highest BCUT2D eigenvalue weighted by Crippen LogP contribution is 1.96. The van der Waals surface area contributed by atoms with Crippen molar-refractivity contribution in [1.82, 2.24) is 10.2 Å². The number of nitrogens with one attached hydrogen (secondary N) is 1. The van der Waals surface area contributed by atoms with Crippen molar-refractivity contribution in [1.29, 1.82) is 0 Å². The monoisotopic (exact) mass is 276 g/mol. The summed E-state index contributed by atoms with van der Waals surface area (Å²) in [6.07, 6.45) is 0.00515. The van der Waals surface area contributed by atoms with Crippen LogP contribution in [0.2, 0.25) is 0 Å². The fourth-order valence-electron chi connectivity index (χ4n) is 1.17. The van der Waals surface area contributed by atoms with Crippen LogP contribution >= 0.6 is 0 Å². The lowest BCUT2D eigenvalue weighted by molar-refractivity contribution is -0.143. The SMILES string of the molecule is COCCNC(=O)N(CCC(=O)OC)CC(=O)OC. The van der Waals surface area contributed by atoms with Crippen molar-refractivity contribution in [2.75, 3.05) is 47.6 Å². The van der Waals surface area contributed by atoms with E-state index in [-0.39, 0.29) is 19.5 Å². The van der Waals surface area contributed by atoms with Crippen LogP contribution in [0.15, 0.2) is 0 Å². The molecule has 19 heavy (non-hydrogen) atoms. The summed E-state index contributed by atoms with van der Waals surface area (Å²) in [4.78, 5) is 35.2. The van der Waals surface area contributed by atoms with Crippen LogP contribution in [0.5, 0.6) is 0 Å². The van der Waals surface area contributed by atoms with Gasteiger partial charge in [0.05, 0.1) is 27.2 Å². The minimum Gasteiger partial charge on any atom is -0.469 e. The molecule has 0 aliphatic heterocycles. The number of amides is 2. The number of carbonyl (C=O) groups excluding carboxylic acids is 3. The van der Waals surface area contributed by atoms with Gasteiger partial charge in [0, 0.05) is 20.2 Å². The smallest absolute Gasteiger partial charge is 0.325 e. The van der Waals surface area contributed by atoms with Crippen molar-refractivity contribution in [3.8, 4) is 0 Å².